The summed E-state index contributed by atoms with van der Waals surface area (Å²) < 4.78 is 32.1. The largest absolute Gasteiger partial charge is 0.497 e. The van der Waals surface area contributed by atoms with E-state index in [0.29, 0.717) is 23.2 Å². The van der Waals surface area contributed by atoms with Crippen LogP contribution in [-0.4, -0.2) is 49.0 Å². The van der Waals surface area contributed by atoms with Crippen molar-refractivity contribution in [1.29, 1.82) is 0 Å². The lowest BCUT2D eigenvalue weighted by Gasteiger charge is -2.15. The lowest BCUT2D eigenvalue weighted by molar-refractivity contribution is 0.102. The van der Waals surface area contributed by atoms with Gasteiger partial charge in [-0.2, -0.15) is 4.31 Å². The van der Waals surface area contributed by atoms with E-state index in [1.54, 1.807) is 19.2 Å². The van der Waals surface area contributed by atoms with Gasteiger partial charge in [0.2, 0.25) is 15.2 Å². The first-order valence-corrected chi connectivity index (χ1v) is 11.6. The van der Waals surface area contributed by atoms with Gasteiger partial charge in [0.15, 0.2) is 0 Å². The molecule has 0 spiro atoms. The fourth-order valence-corrected chi connectivity index (χ4v) is 5.48. The molecule has 1 aliphatic rings. The second kappa shape index (κ2) is 8.50. The quantitative estimate of drug-likeness (QED) is 0.626. The summed E-state index contributed by atoms with van der Waals surface area (Å²) in [5, 5.41) is 11.8. The number of sulfonamides is 1. The van der Waals surface area contributed by atoms with Crippen LogP contribution in [0.15, 0.2) is 53.4 Å². The Morgan fingerprint density at radius 3 is 2.53 bits per heavy atom. The molecule has 0 saturated carbocycles. The van der Waals surface area contributed by atoms with E-state index in [1.807, 2.05) is 24.3 Å². The van der Waals surface area contributed by atoms with E-state index >= 15 is 0 Å². The van der Waals surface area contributed by atoms with E-state index in [2.05, 4.69) is 15.5 Å². The van der Waals surface area contributed by atoms with E-state index < -0.39 is 15.9 Å². The van der Waals surface area contributed by atoms with Gasteiger partial charge in [-0.3, -0.25) is 10.1 Å². The van der Waals surface area contributed by atoms with Crippen LogP contribution in [0.25, 0.3) is 10.6 Å². The number of nitrogens with zero attached hydrogens (tertiary/aromatic N) is 3. The normalized spacial score (nSPS) is 14.6. The van der Waals surface area contributed by atoms with Gasteiger partial charge in [-0.25, -0.2) is 8.42 Å². The molecule has 0 radical (unpaired) electrons. The fraction of sp³-hybridized carbons (Fsp3) is 0.250. The highest BCUT2D eigenvalue weighted by molar-refractivity contribution is 7.89. The number of hydrogen-bond acceptors (Lipinski definition) is 7. The van der Waals surface area contributed by atoms with Gasteiger partial charge in [0.25, 0.3) is 5.91 Å². The third-order valence-corrected chi connectivity index (χ3v) is 7.56. The van der Waals surface area contributed by atoms with Crippen LogP contribution < -0.4 is 10.1 Å². The average Bonchev–Trinajstić information content (AvgIpc) is 3.47. The van der Waals surface area contributed by atoms with Gasteiger partial charge in [0.05, 0.1) is 12.0 Å². The van der Waals surface area contributed by atoms with Crippen molar-refractivity contribution in [2.45, 2.75) is 17.7 Å². The maximum atomic E-state index is 12.7. The molecule has 1 aromatic heterocycles. The second-order valence-corrected chi connectivity index (χ2v) is 9.65. The highest BCUT2D eigenvalue weighted by Crippen LogP contribution is 2.28. The molecule has 10 heteroatoms. The molecule has 1 aliphatic heterocycles. The van der Waals surface area contributed by atoms with Crippen molar-refractivity contribution in [3.05, 3.63) is 54.1 Å². The Morgan fingerprint density at radius 2 is 1.83 bits per heavy atom. The third kappa shape index (κ3) is 4.20. The Bertz CT molecular complexity index is 1150. The maximum Gasteiger partial charge on any atom is 0.257 e. The van der Waals surface area contributed by atoms with Crippen LogP contribution in [-0.2, 0) is 10.0 Å². The van der Waals surface area contributed by atoms with E-state index in [4.69, 9.17) is 4.74 Å². The minimum absolute atomic E-state index is 0.119. The van der Waals surface area contributed by atoms with Crippen LogP contribution in [0.3, 0.4) is 0 Å². The summed E-state index contributed by atoms with van der Waals surface area (Å²) >= 11 is 1.23. The van der Waals surface area contributed by atoms with Gasteiger partial charge in [-0.15, -0.1) is 10.2 Å². The number of amides is 1. The van der Waals surface area contributed by atoms with Crippen LogP contribution in [0.1, 0.15) is 23.2 Å². The van der Waals surface area contributed by atoms with Crippen LogP contribution in [0.5, 0.6) is 5.75 Å². The molecule has 2 heterocycles. The van der Waals surface area contributed by atoms with Gasteiger partial charge in [0, 0.05) is 24.2 Å². The molecule has 1 saturated heterocycles. The van der Waals surface area contributed by atoms with Crippen LogP contribution >= 0.6 is 11.3 Å². The number of rotatable bonds is 6. The van der Waals surface area contributed by atoms with E-state index in [-0.39, 0.29) is 10.5 Å². The van der Waals surface area contributed by atoms with Crippen molar-refractivity contribution in [1.82, 2.24) is 14.5 Å². The van der Waals surface area contributed by atoms with Crippen molar-refractivity contribution in [2.24, 2.45) is 0 Å². The van der Waals surface area contributed by atoms with Crippen LogP contribution in [0, 0.1) is 0 Å². The molecule has 156 valence electrons. The number of ether oxygens (including phenoxy) is 1. The first kappa shape index (κ1) is 20.5. The van der Waals surface area contributed by atoms with Crippen LogP contribution in [0.4, 0.5) is 5.13 Å². The molecule has 1 amide bonds. The van der Waals surface area contributed by atoms with Gasteiger partial charge in [-0.05, 0) is 55.3 Å². The molecule has 2 aromatic carbocycles. The average molecular weight is 445 g/mol. The van der Waals surface area contributed by atoms with E-state index in [0.717, 1.165) is 24.2 Å². The summed E-state index contributed by atoms with van der Waals surface area (Å²) in [6, 6.07) is 13.4. The SMILES string of the molecule is COc1ccc(-c2nnc(NC(=O)c3cccc(S(=O)(=O)N4CCCC4)c3)s2)cc1. The molecule has 4 rings (SSSR count). The Morgan fingerprint density at radius 1 is 1.10 bits per heavy atom. The lowest BCUT2D eigenvalue weighted by Crippen LogP contribution is -2.28. The molecular formula is C20H20N4O4S2. The summed E-state index contributed by atoms with van der Waals surface area (Å²) in [4.78, 5) is 12.8. The molecule has 8 nitrogen and oxygen atoms in total. The van der Waals surface area contributed by atoms with E-state index in [9.17, 15) is 13.2 Å². The third-order valence-electron chi connectivity index (χ3n) is 4.78. The van der Waals surface area contributed by atoms with Gasteiger partial charge >= 0.3 is 0 Å². The Kier molecular flexibility index (Phi) is 5.80. The monoisotopic (exact) mass is 444 g/mol. The van der Waals surface area contributed by atoms with Crippen LogP contribution in [0.2, 0.25) is 0 Å². The first-order chi connectivity index (χ1) is 14.5. The zero-order valence-corrected chi connectivity index (χ0v) is 17.9. The number of aromatic nitrogens is 2. The summed E-state index contributed by atoms with van der Waals surface area (Å²) in [6.07, 6.45) is 1.71. The van der Waals surface area contributed by atoms with Crippen molar-refractivity contribution >= 4 is 32.4 Å². The predicted octanol–water partition coefficient (Wildman–Crippen LogP) is 3.25. The summed E-state index contributed by atoms with van der Waals surface area (Å²) in [7, 11) is -1.99. The maximum absolute atomic E-state index is 12.7. The summed E-state index contributed by atoms with van der Waals surface area (Å²) in [6.45, 7) is 1.02. The number of hydrogen-bond donors (Lipinski definition) is 1. The van der Waals surface area contributed by atoms with E-state index in [1.165, 1.54) is 27.8 Å². The lowest BCUT2D eigenvalue weighted by atomic mass is 10.2. The number of benzene rings is 2. The zero-order valence-electron chi connectivity index (χ0n) is 16.2. The van der Waals surface area contributed by atoms with Crippen molar-refractivity contribution in [3.8, 4) is 16.3 Å². The Hall–Kier alpha value is -2.82. The minimum atomic E-state index is -3.59. The number of carbonyl (C=O) groups is 1. The molecule has 0 bridgehead atoms. The predicted molar refractivity (Wildman–Crippen MR) is 114 cm³/mol. The molecule has 0 aliphatic carbocycles. The summed E-state index contributed by atoms with van der Waals surface area (Å²) in [5.41, 5.74) is 1.10. The first-order valence-electron chi connectivity index (χ1n) is 9.37. The molecule has 0 unspecified atom stereocenters. The highest BCUT2D eigenvalue weighted by atomic mass is 32.2. The van der Waals surface area contributed by atoms with Crippen molar-refractivity contribution < 1.29 is 17.9 Å². The highest BCUT2D eigenvalue weighted by Gasteiger charge is 2.27. The number of anilines is 1. The molecular weight excluding hydrogens is 424 g/mol. The molecule has 1 fully saturated rings. The van der Waals surface area contributed by atoms with Gasteiger partial charge in [-0.1, -0.05) is 17.4 Å². The second-order valence-electron chi connectivity index (χ2n) is 6.73. The Balaban J connectivity index is 1.50. The Labute approximate surface area is 178 Å². The molecule has 0 atom stereocenters. The smallest absolute Gasteiger partial charge is 0.257 e. The topological polar surface area (TPSA) is 101 Å². The number of nitrogens with one attached hydrogen (secondary N) is 1. The standard InChI is InChI=1S/C20H20N4O4S2/c1-28-16-9-7-14(8-10-16)19-22-23-20(29-19)21-18(25)15-5-4-6-17(13-15)30(26,27)24-11-2-3-12-24/h4-10,13H,2-3,11-12H2,1H3,(H,21,23,25). The summed E-state index contributed by atoms with van der Waals surface area (Å²) in [5.74, 6) is 0.298. The van der Waals surface area contributed by atoms with Gasteiger partial charge in [0.1, 0.15) is 10.8 Å². The van der Waals surface area contributed by atoms with Gasteiger partial charge < -0.3 is 4.74 Å². The van der Waals surface area contributed by atoms with Crippen molar-refractivity contribution in [3.63, 3.8) is 0 Å². The van der Waals surface area contributed by atoms with Crippen molar-refractivity contribution in [2.75, 3.05) is 25.5 Å². The molecule has 1 N–H and O–H groups in total. The molecule has 30 heavy (non-hydrogen) atoms. The number of carbonyl (C=O) groups excluding carboxylic acids is 1. The zero-order chi connectivity index (χ0) is 21.1. The number of methoxy groups -OCH3 is 1. The minimum Gasteiger partial charge on any atom is -0.497 e. The molecule has 3 aromatic rings. The fourth-order valence-electron chi connectivity index (χ4n) is 3.17.